The monoisotopic (exact) mass is 304 g/mol. The Hall–Kier alpha value is -1.55. The van der Waals surface area contributed by atoms with Gasteiger partial charge in [-0.2, -0.15) is 0 Å². The molecule has 0 bridgehead atoms. The first kappa shape index (κ1) is 16.8. The van der Waals surface area contributed by atoms with Crippen molar-refractivity contribution in [3.05, 3.63) is 29.3 Å². The van der Waals surface area contributed by atoms with E-state index in [4.69, 9.17) is 10.5 Å². The van der Waals surface area contributed by atoms with Gasteiger partial charge in [0.05, 0.1) is 12.6 Å². The molecule has 22 heavy (non-hydrogen) atoms. The van der Waals surface area contributed by atoms with Crippen molar-refractivity contribution in [1.29, 1.82) is 0 Å². The molecule has 4 nitrogen and oxygen atoms in total. The first-order chi connectivity index (χ1) is 10.5. The van der Waals surface area contributed by atoms with Crippen molar-refractivity contribution >= 4 is 5.91 Å². The van der Waals surface area contributed by atoms with Crippen molar-refractivity contribution in [2.45, 2.75) is 58.5 Å². The Bertz CT molecular complexity index is 514. The van der Waals surface area contributed by atoms with Gasteiger partial charge in [-0.3, -0.25) is 4.79 Å². The number of rotatable bonds is 6. The van der Waals surface area contributed by atoms with Crippen LogP contribution in [0.3, 0.4) is 0 Å². The number of ether oxygens (including phenoxy) is 1. The molecule has 1 amide bonds. The summed E-state index contributed by atoms with van der Waals surface area (Å²) in [5.41, 5.74) is 8.41. The number of carbonyl (C=O) groups excluding carboxylic acids is 1. The predicted octanol–water partition coefficient (Wildman–Crippen LogP) is 3.47. The van der Waals surface area contributed by atoms with Crippen molar-refractivity contribution in [3.63, 3.8) is 0 Å². The molecule has 0 fully saturated rings. The molecular weight excluding hydrogens is 276 g/mol. The van der Waals surface area contributed by atoms with Gasteiger partial charge < -0.3 is 15.8 Å². The van der Waals surface area contributed by atoms with Crippen LogP contribution in [0.2, 0.25) is 0 Å². The normalized spacial score (nSPS) is 18.5. The van der Waals surface area contributed by atoms with Gasteiger partial charge in [0, 0.05) is 24.4 Å². The van der Waals surface area contributed by atoms with Crippen molar-refractivity contribution in [3.8, 4) is 5.75 Å². The third-order valence-electron chi connectivity index (χ3n) is 4.03. The largest absolute Gasteiger partial charge is 0.493 e. The summed E-state index contributed by atoms with van der Waals surface area (Å²) in [5.74, 6) is 1.34. The highest BCUT2D eigenvalue weighted by atomic mass is 16.5. The fourth-order valence-electron chi connectivity index (χ4n) is 2.90. The minimum atomic E-state index is 0.0313. The van der Waals surface area contributed by atoms with Crippen LogP contribution in [-0.4, -0.2) is 12.5 Å². The molecule has 1 aromatic carbocycles. The second-order valence-corrected chi connectivity index (χ2v) is 6.55. The van der Waals surface area contributed by atoms with Gasteiger partial charge >= 0.3 is 0 Å². The summed E-state index contributed by atoms with van der Waals surface area (Å²) in [5, 5.41) is 3.14. The van der Waals surface area contributed by atoms with Gasteiger partial charge in [-0.25, -0.2) is 0 Å². The SMILES string of the molecule is CCCC(N)c1ccc2c(c1)C(NC(=O)CC(C)C)CCO2. The first-order valence-electron chi connectivity index (χ1n) is 8.32. The average Bonchev–Trinajstić information content (AvgIpc) is 2.46. The van der Waals surface area contributed by atoms with Crippen molar-refractivity contribution in [2.24, 2.45) is 11.7 Å². The number of nitrogens with one attached hydrogen (secondary N) is 1. The highest BCUT2D eigenvalue weighted by Crippen LogP contribution is 2.34. The summed E-state index contributed by atoms with van der Waals surface area (Å²) in [4.78, 5) is 12.1. The summed E-state index contributed by atoms with van der Waals surface area (Å²) < 4.78 is 5.72. The van der Waals surface area contributed by atoms with E-state index < -0.39 is 0 Å². The lowest BCUT2D eigenvalue weighted by molar-refractivity contribution is -0.122. The second-order valence-electron chi connectivity index (χ2n) is 6.55. The smallest absolute Gasteiger partial charge is 0.220 e. The lowest BCUT2D eigenvalue weighted by atomic mass is 9.94. The first-order valence-corrected chi connectivity index (χ1v) is 8.32. The van der Waals surface area contributed by atoms with Gasteiger partial charge in [0.25, 0.3) is 0 Å². The van der Waals surface area contributed by atoms with Crippen LogP contribution in [0, 0.1) is 5.92 Å². The van der Waals surface area contributed by atoms with E-state index in [2.05, 4.69) is 32.2 Å². The van der Waals surface area contributed by atoms with Crippen LogP contribution in [0.4, 0.5) is 0 Å². The Balaban J connectivity index is 2.17. The maximum atomic E-state index is 12.1. The van der Waals surface area contributed by atoms with Gasteiger partial charge in [-0.15, -0.1) is 0 Å². The van der Waals surface area contributed by atoms with Gasteiger partial charge in [0.2, 0.25) is 5.91 Å². The molecular formula is C18H28N2O2. The summed E-state index contributed by atoms with van der Waals surface area (Å²) in [6.07, 6.45) is 3.39. The van der Waals surface area contributed by atoms with Gasteiger partial charge in [0.15, 0.2) is 0 Å². The van der Waals surface area contributed by atoms with E-state index in [9.17, 15) is 4.79 Å². The number of amides is 1. The second kappa shape index (κ2) is 7.63. The van der Waals surface area contributed by atoms with Crippen LogP contribution < -0.4 is 15.8 Å². The van der Waals surface area contributed by atoms with Crippen molar-refractivity contribution in [1.82, 2.24) is 5.32 Å². The highest BCUT2D eigenvalue weighted by molar-refractivity contribution is 5.76. The minimum Gasteiger partial charge on any atom is -0.493 e. The Morgan fingerprint density at radius 3 is 2.91 bits per heavy atom. The molecule has 0 spiro atoms. The van der Waals surface area contributed by atoms with Gasteiger partial charge in [-0.05, 0) is 30.0 Å². The average molecular weight is 304 g/mol. The Morgan fingerprint density at radius 1 is 1.45 bits per heavy atom. The van der Waals surface area contributed by atoms with E-state index in [1.165, 1.54) is 0 Å². The third kappa shape index (κ3) is 4.23. The van der Waals surface area contributed by atoms with Crippen molar-refractivity contribution < 1.29 is 9.53 Å². The molecule has 2 rings (SSSR count). The van der Waals surface area contributed by atoms with E-state index in [0.29, 0.717) is 18.9 Å². The standard InChI is InChI=1S/C18H28N2O2/c1-4-5-15(19)13-6-7-17-14(11-13)16(8-9-22-17)20-18(21)10-12(2)3/h6-7,11-12,15-16H,4-5,8-10,19H2,1-3H3,(H,20,21). The zero-order valence-corrected chi connectivity index (χ0v) is 13.9. The molecule has 2 atom stereocenters. The van der Waals surface area contributed by atoms with E-state index in [0.717, 1.165) is 36.1 Å². The summed E-state index contributed by atoms with van der Waals surface area (Å²) in [6.45, 7) is 6.88. The van der Waals surface area contributed by atoms with E-state index in [1.807, 2.05) is 12.1 Å². The number of benzene rings is 1. The lowest BCUT2D eigenvalue weighted by Crippen LogP contribution is -2.33. The zero-order chi connectivity index (χ0) is 16.1. The molecule has 122 valence electrons. The molecule has 0 saturated carbocycles. The molecule has 1 aromatic rings. The van der Waals surface area contributed by atoms with Crippen LogP contribution in [0.5, 0.6) is 5.75 Å². The number of carbonyl (C=O) groups is 1. The van der Waals surface area contributed by atoms with E-state index in [1.54, 1.807) is 0 Å². The summed E-state index contributed by atoms with van der Waals surface area (Å²) >= 11 is 0. The van der Waals surface area contributed by atoms with Crippen LogP contribution in [0.1, 0.15) is 69.7 Å². The lowest BCUT2D eigenvalue weighted by Gasteiger charge is -2.28. The van der Waals surface area contributed by atoms with E-state index >= 15 is 0 Å². The zero-order valence-electron chi connectivity index (χ0n) is 13.9. The maximum Gasteiger partial charge on any atom is 0.220 e. The number of hydrogen-bond donors (Lipinski definition) is 2. The Kier molecular flexibility index (Phi) is 5.83. The number of nitrogens with two attached hydrogens (primary N) is 1. The fraction of sp³-hybridized carbons (Fsp3) is 0.611. The summed E-state index contributed by atoms with van der Waals surface area (Å²) in [7, 11) is 0. The molecule has 0 aliphatic carbocycles. The summed E-state index contributed by atoms with van der Waals surface area (Å²) in [6, 6.07) is 6.21. The van der Waals surface area contributed by atoms with Crippen LogP contribution in [0.25, 0.3) is 0 Å². The Morgan fingerprint density at radius 2 is 2.23 bits per heavy atom. The van der Waals surface area contributed by atoms with Crippen LogP contribution in [-0.2, 0) is 4.79 Å². The molecule has 4 heteroatoms. The molecule has 1 aliphatic heterocycles. The van der Waals surface area contributed by atoms with Gasteiger partial charge in [0.1, 0.15) is 5.75 Å². The molecule has 1 heterocycles. The van der Waals surface area contributed by atoms with E-state index in [-0.39, 0.29) is 18.0 Å². The van der Waals surface area contributed by atoms with Crippen LogP contribution >= 0.6 is 0 Å². The quantitative estimate of drug-likeness (QED) is 0.845. The number of fused-ring (bicyclic) bond motifs is 1. The fourth-order valence-corrected chi connectivity index (χ4v) is 2.90. The molecule has 3 N–H and O–H groups in total. The predicted molar refractivity (Wildman–Crippen MR) is 88.7 cm³/mol. The molecule has 2 unspecified atom stereocenters. The van der Waals surface area contributed by atoms with Crippen molar-refractivity contribution in [2.75, 3.05) is 6.61 Å². The number of hydrogen-bond acceptors (Lipinski definition) is 3. The molecule has 0 radical (unpaired) electrons. The highest BCUT2D eigenvalue weighted by Gasteiger charge is 2.24. The third-order valence-corrected chi connectivity index (χ3v) is 4.03. The Labute approximate surface area is 133 Å². The maximum absolute atomic E-state index is 12.1. The topological polar surface area (TPSA) is 64.3 Å². The molecule has 0 saturated heterocycles. The van der Waals surface area contributed by atoms with Crippen LogP contribution in [0.15, 0.2) is 18.2 Å². The minimum absolute atomic E-state index is 0.0313. The van der Waals surface area contributed by atoms with Gasteiger partial charge in [-0.1, -0.05) is 33.3 Å². The molecule has 0 aromatic heterocycles. The molecule has 1 aliphatic rings.